The van der Waals surface area contributed by atoms with Gasteiger partial charge in [-0.25, -0.2) is 9.78 Å². The quantitative estimate of drug-likeness (QED) is 0.524. The molecule has 1 heterocycles. The topological polar surface area (TPSA) is 65.5 Å². The molecule has 1 aromatic rings. The first kappa shape index (κ1) is 10.2. The van der Waals surface area contributed by atoms with Gasteiger partial charge in [-0.05, 0) is 0 Å². The van der Waals surface area contributed by atoms with Crippen LogP contribution in [0.15, 0.2) is 12.3 Å². The molecule has 5 heteroatoms. The highest BCUT2D eigenvalue weighted by Gasteiger charge is 2.11. The number of ether oxygens (including phenoxy) is 2. The highest BCUT2D eigenvalue weighted by molar-refractivity contribution is 5.89. The lowest BCUT2D eigenvalue weighted by atomic mass is 10.2. The molecule has 0 aromatic carbocycles. The summed E-state index contributed by atoms with van der Waals surface area (Å²) in [5, 5.41) is 0. The first-order valence-electron chi connectivity index (χ1n) is 3.80. The number of hydrogen-bond acceptors (Lipinski definition) is 5. The van der Waals surface area contributed by atoms with Gasteiger partial charge in [-0.3, -0.25) is 4.79 Å². The van der Waals surface area contributed by atoms with Gasteiger partial charge in [0.1, 0.15) is 5.75 Å². The van der Waals surface area contributed by atoms with Gasteiger partial charge in [0.25, 0.3) is 0 Å². The maximum absolute atomic E-state index is 11.1. The Morgan fingerprint density at radius 2 is 2.21 bits per heavy atom. The van der Waals surface area contributed by atoms with Crippen LogP contribution in [0.4, 0.5) is 0 Å². The SMILES string of the molecule is COC(=O)c1cc(OC)c(C=O)cn1. The molecule has 14 heavy (non-hydrogen) atoms. The van der Waals surface area contributed by atoms with Crippen LogP contribution in [0.3, 0.4) is 0 Å². The smallest absolute Gasteiger partial charge is 0.356 e. The number of esters is 1. The number of pyridine rings is 1. The third-order valence-corrected chi connectivity index (χ3v) is 1.64. The van der Waals surface area contributed by atoms with Crippen molar-refractivity contribution in [1.29, 1.82) is 0 Å². The molecule has 1 aromatic heterocycles. The summed E-state index contributed by atoms with van der Waals surface area (Å²) in [6.45, 7) is 0. The zero-order chi connectivity index (χ0) is 10.6. The van der Waals surface area contributed by atoms with E-state index in [1.165, 1.54) is 26.5 Å². The lowest BCUT2D eigenvalue weighted by Gasteiger charge is -2.04. The highest BCUT2D eigenvalue weighted by atomic mass is 16.5. The van der Waals surface area contributed by atoms with Gasteiger partial charge >= 0.3 is 5.97 Å². The Bertz CT molecular complexity index is 362. The summed E-state index contributed by atoms with van der Waals surface area (Å²) in [5.41, 5.74) is 0.398. The summed E-state index contributed by atoms with van der Waals surface area (Å²) in [4.78, 5) is 25.3. The van der Waals surface area contributed by atoms with Gasteiger partial charge in [0.2, 0.25) is 0 Å². The van der Waals surface area contributed by atoms with Crippen LogP contribution in [-0.2, 0) is 4.74 Å². The van der Waals surface area contributed by atoms with E-state index in [-0.39, 0.29) is 5.69 Å². The number of aromatic nitrogens is 1. The van der Waals surface area contributed by atoms with Gasteiger partial charge in [0.05, 0.1) is 19.8 Å². The summed E-state index contributed by atoms with van der Waals surface area (Å²) in [5.74, 6) is -0.267. The molecule has 1 rings (SSSR count). The largest absolute Gasteiger partial charge is 0.496 e. The molecule has 0 saturated carbocycles. The summed E-state index contributed by atoms with van der Waals surface area (Å²) >= 11 is 0. The minimum atomic E-state index is -0.569. The van der Waals surface area contributed by atoms with E-state index in [0.717, 1.165) is 0 Å². The summed E-state index contributed by atoms with van der Waals surface area (Å²) in [7, 11) is 2.66. The molecule has 0 bridgehead atoms. The monoisotopic (exact) mass is 195 g/mol. The number of aldehydes is 1. The minimum Gasteiger partial charge on any atom is -0.496 e. The van der Waals surface area contributed by atoms with Crippen molar-refractivity contribution < 1.29 is 19.1 Å². The fraction of sp³-hybridized carbons (Fsp3) is 0.222. The number of rotatable bonds is 3. The van der Waals surface area contributed by atoms with E-state index >= 15 is 0 Å². The Morgan fingerprint density at radius 3 is 2.71 bits per heavy atom. The normalized spacial score (nSPS) is 9.29. The Kier molecular flexibility index (Phi) is 3.17. The van der Waals surface area contributed by atoms with Crippen LogP contribution < -0.4 is 4.74 Å². The minimum absolute atomic E-state index is 0.106. The van der Waals surface area contributed by atoms with Gasteiger partial charge in [-0.15, -0.1) is 0 Å². The summed E-state index contributed by atoms with van der Waals surface area (Å²) in [6, 6.07) is 1.36. The predicted octanol–water partition coefficient (Wildman–Crippen LogP) is 0.689. The Hall–Kier alpha value is -1.91. The number of nitrogens with zero attached hydrogens (tertiary/aromatic N) is 1. The van der Waals surface area contributed by atoms with Gasteiger partial charge in [0.15, 0.2) is 12.0 Å². The van der Waals surface area contributed by atoms with Crippen LogP contribution in [0, 0.1) is 0 Å². The molecule has 0 amide bonds. The molecule has 0 N–H and O–H groups in total. The number of hydrogen-bond donors (Lipinski definition) is 0. The van der Waals surface area contributed by atoms with E-state index in [2.05, 4.69) is 9.72 Å². The number of carbonyl (C=O) groups is 2. The zero-order valence-electron chi connectivity index (χ0n) is 7.81. The van der Waals surface area contributed by atoms with Crippen molar-refractivity contribution in [2.45, 2.75) is 0 Å². The van der Waals surface area contributed by atoms with Gasteiger partial charge in [-0.2, -0.15) is 0 Å². The molecule has 0 aliphatic rings. The number of carbonyl (C=O) groups excluding carboxylic acids is 2. The van der Waals surface area contributed by atoms with E-state index in [9.17, 15) is 9.59 Å². The van der Waals surface area contributed by atoms with Crippen molar-refractivity contribution in [3.8, 4) is 5.75 Å². The lowest BCUT2D eigenvalue weighted by molar-refractivity contribution is 0.0593. The molecule has 74 valence electrons. The first-order chi connectivity index (χ1) is 6.72. The van der Waals surface area contributed by atoms with Crippen molar-refractivity contribution >= 4 is 12.3 Å². The van der Waals surface area contributed by atoms with Crippen molar-refractivity contribution in [2.75, 3.05) is 14.2 Å². The van der Waals surface area contributed by atoms with Crippen LogP contribution in [-0.4, -0.2) is 31.5 Å². The second-order valence-electron chi connectivity index (χ2n) is 2.42. The fourth-order valence-electron chi connectivity index (χ4n) is 0.929. The molecule has 5 nitrogen and oxygen atoms in total. The van der Waals surface area contributed by atoms with Crippen molar-refractivity contribution in [2.24, 2.45) is 0 Å². The molecule has 0 spiro atoms. The second kappa shape index (κ2) is 4.36. The molecule has 0 radical (unpaired) electrons. The Labute approximate surface area is 80.7 Å². The lowest BCUT2D eigenvalue weighted by Crippen LogP contribution is -2.05. The summed E-state index contributed by atoms with van der Waals surface area (Å²) in [6.07, 6.45) is 1.87. The van der Waals surface area contributed by atoms with Gasteiger partial charge in [-0.1, -0.05) is 0 Å². The van der Waals surface area contributed by atoms with Crippen LogP contribution in [0.1, 0.15) is 20.8 Å². The second-order valence-corrected chi connectivity index (χ2v) is 2.42. The Balaban J connectivity index is 3.13. The maximum atomic E-state index is 11.1. The van der Waals surface area contributed by atoms with Crippen LogP contribution in [0.5, 0.6) is 5.75 Å². The fourth-order valence-corrected chi connectivity index (χ4v) is 0.929. The van der Waals surface area contributed by atoms with Crippen LogP contribution in [0.25, 0.3) is 0 Å². The van der Waals surface area contributed by atoms with Gasteiger partial charge < -0.3 is 9.47 Å². The van der Waals surface area contributed by atoms with Crippen molar-refractivity contribution in [3.05, 3.63) is 23.5 Å². The third kappa shape index (κ3) is 1.87. The predicted molar refractivity (Wildman–Crippen MR) is 47.5 cm³/mol. The molecular weight excluding hydrogens is 186 g/mol. The summed E-state index contributed by atoms with van der Waals surface area (Å²) < 4.78 is 9.36. The molecule has 0 unspecified atom stereocenters. The average molecular weight is 195 g/mol. The van der Waals surface area contributed by atoms with Crippen molar-refractivity contribution in [3.63, 3.8) is 0 Å². The Morgan fingerprint density at radius 1 is 1.50 bits per heavy atom. The molecular formula is C9H9NO4. The highest BCUT2D eigenvalue weighted by Crippen LogP contribution is 2.16. The van der Waals surface area contributed by atoms with E-state index in [1.807, 2.05) is 0 Å². The van der Waals surface area contributed by atoms with Crippen LogP contribution >= 0.6 is 0 Å². The van der Waals surface area contributed by atoms with Crippen LogP contribution in [0.2, 0.25) is 0 Å². The standard InChI is InChI=1S/C9H9NO4/c1-13-8-3-7(9(12)14-2)10-4-6(8)5-11/h3-5H,1-2H3. The van der Waals surface area contributed by atoms with E-state index < -0.39 is 5.97 Å². The average Bonchev–Trinajstić information content (AvgIpc) is 2.26. The molecule has 0 aliphatic heterocycles. The first-order valence-corrected chi connectivity index (χ1v) is 3.80. The molecule has 0 aliphatic carbocycles. The third-order valence-electron chi connectivity index (χ3n) is 1.64. The van der Waals surface area contributed by atoms with E-state index in [1.54, 1.807) is 0 Å². The van der Waals surface area contributed by atoms with Gasteiger partial charge in [0, 0.05) is 12.3 Å². The van der Waals surface area contributed by atoms with Crippen molar-refractivity contribution in [1.82, 2.24) is 4.98 Å². The molecule has 0 saturated heterocycles. The van der Waals surface area contributed by atoms with E-state index in [4.69, 9.17) is 4.74 Å². The maximum Gasteiger partial charge on any atom is 0.356 e. The molecule has 0 fully saturated rings. The number of methoxy groups -OCH3 is 2. The zero-order valence-corrected chi connectivity index (χ0v) is 7.81. The molecule has 0 atom stereocenters. The van der Waals surface area contributed by atoms with E-state index in [0.29, 0.717) is 17.6 Å².